The maximum absolute atomic E-state index is 11.9. The highest BCUT2D eigenvalue weighted by atomic mass is 16.3. The van der Waals surface area contributed by atoms with E-state index in [9.17, 15) is 9.90 Å². The van der Waals surface area contributed by atoms with Gasteiger partial charge in [0.1, 0.15) is 0 Å². The van der Waals surface area contributed by atoms with Crippen LogP contribution in [0.3, 0.4) is 0 Å². The number of aryl methyl sites for hydroxylation is 1. The molecule has 0 aliphatic carbocycles. The van der Waals surface area contributed by atoms with Gasteiger partial charge >= 0.3 is 0 Å². The van der Waals surface area contributed by atoms with Crippen LogP contribution in [0.2, 0.25) is 0 Å². The van der Waals surface area contributed by atoms with Crippen molar-refractivity contribution in [2.75, 3.05) is 18.9 Å². The Morgan fingerprint density at radius 2 is 2.17 bits per heavy atom. The molecular weight excluding hydrogens is 232 g/mol. The highest BCUT2D eigenvalue weighted by Crippen LogP contribution is 2.24. The fourth-order valence-electron chi connectivity index (χ4n) is 1.81. The number of nitrogens with one attached hydrogen (secondary N) is 1. The smallest absolute Gasteiger partial charge is 0.273 e. The highest BCUT2D eigenvalue weighted by Gasteiger charge is 2.26. The average molecular weight is 254 g/mol. The Kier molecular flexibility index (Phi) is 4.72. The molecule has 4 N–H and O–H groups in total. The van der Waals surface area contributed by atoms with E-state index in [0.717, 1.165) is 12.8 Å². The molecule has 0 aliphatic rings. The largest absolute Gasteiger partial charge is 0.396 e. The highest BCUT2D eigenvalue weighted by molar-refractivity contribution is 5.96. The summed E-state index contributed by atoms with van der Waals surface area (Å²) >= 11 is 0. The Morgan fingerprint density at radius 3 is 2.56 bits per heavy atom. The maximum atomic E-state index is 11.9. The van der Waals surface area contributed by atoms with Gasteiger partial charge in [-0.1, -0.05) is 13.8 Å². The summed E-state index contributed by atoms with van der Waals surface area (Å²) in [5.41, 5.74) is 6.01. The van der Waals surface area contributed by atoms with Crippen molar-refractivity contribution in [3.8, 4) is 0 Å². The van der Waals surface area contributed by atoms with Crippen LogP contribution < -0.4 is 11.1 Å². The van der Waals surface area contributed by atoms with E-state index in [1.54, 1.807) is 13.2 Å². The van der Waals surface area contributed by atoms with E-state index < -0.39 is 0 Å². The lowest BCUT2D eigenvalue weighted by Gasteiger charge is -2.29. The number of aromatic nitrogens is 2. The summed E-state index contributed by atoms with van der Waals surface area (Å²) < 4.78 is 1.50. The molecule has 0 radical (unpaired) electrons. The minimum Gasteiger partial charge on any atom is -0.396 e. The Morgan fingerprint density at radius 1 is 1.56 bits per heavy atom. The van der Waals surface area contributed by atoms with Crippen molar-refractivity contribution in [3.05, 3.63) is 11.9 Å². The van der Waals surface area contributed by atoms with Gasteiger partial charge < -0.3 is 16.2 Å². The van der Waals surface area contributed by atoms with Crippen LogP contribution in [0.5, 0.6) is 0 Å². The molecule has 6 nitrogen and oxygen atoms in total. The van der Waals surface area contributed by atoms with Crippen molar-refractivity contribution in [3.63, 3.8) is 0 Å². The summed E-state index contributed by atoms with van der Waals surface area (Å²) in [4.78, 5) is 11.9. The first-order valence-electron chi connectivity index (χ1n) is 6.16. The molecular formula is C12H22N4O2. The van der Waals surface area contributed by atoms with Gasteiger partial charge in [0, 0.05) is 25.2 Å². The fraction of sp³-hybridized carbons (Fsp3) is 0.667. The summed E-state index contributed by atoms with van der Waals surface area (Å²) in [5.74, 6) is -0.298. The number of rotatable bonds is 6. The Balaban J connectivity index is 2.69. The van der Waals surface area contributed by atoms with Gasteiger partial charge in [0.2, 0.25) is 0 Å². The molecule has 1 heterocycles. The number of aliphatic hydroxyl groups is 1. The lowest BCUT2D eigenvalue weighted by molar-refractivity contribution is 0.0847. The second kappa shape index (κ2) is 5.86. The summed E-state index contributed by atoms with van der Waals surface area (Å²) in [6.07, 6.45) is 3.20. The molecule has 0 aromatic carbocycles. The van der Waals surface area contributed by atoms with Gasteiger partial charge in [0.15, 0.2) is 5.69 Å². The van der Waals surface area contributed by atoms with Gasteiger partial charge in [-0.05, 0) is 12.8 Å². The number of carbonyl (C=O) groups is 1. The summed E-state index contributed by atoms with van der Waals surface area (Å²) in [6, 6.07) is 0. The monoisotopic (exact) mass is 254 g/mol. The zero-order valence-corrected chi connectivity index (χ0v) is 11.2. The van der Waals surface area contributed by atoms with Crippen LogP contribution >= 0.6 is 0 Å². The number of aliphatic hydroxyl groups excluding tert-OH is 1. The molecule has 18 heavy (non-hydrogen) atoms. The number of hydrogen-bond acceptors (Lipinski definition) is 4. The normalized spacial score (nSPS) is 11.6. The van der Waals surface area contributed by atoms with Crippen molar-refractivity contribution >= 4 is 11.6 Å². The first kappa shape index (κ1) is 14.5. The average Bonchev–Trinajstić information content (AvgIpc) is 2.70. The molecule has 6 heteroatoms. The van der Waals surface area contributed by atoms with E-state index in [0.29, 0.717) is 12.2 Å². The molecule has 1 amide bonds. The van der Waals surface area contributed by atoms with E-state index in [4.69, 9.17) is 5.73 Å². The number of hydrogen-bond donors (Lipinski definition) is 3. The standard InChI is InChI=1S/C12H22N4O2/c1-4-12(5-2,8-17)7-14-11(18)10-9(13)6-16(3)15-10/h6,17H,4-5,7-8,13H2,1-3H3,(H,14,18). The molecule has 102 valence electrons. The van der Waals surface area contributed by atoms with Gasteiger partial charge in [0.05, 0.1) is 12.3 Å². The Labute approximate surface area is 107 Å². The van der Waals surface area contributed by atoms with Crippen LogP contribution in [0.25, 0.3) is 0 Å². The van der Waals surface area contributed by atoms with E-state index >= 15 is 0 Å². The number of nitrogens with zero attached hydrogens (tertiary/aromatic N) is 2. The van der Waals surface area contributed by atoms with Crippen molar-refractivity contribution < 1.29 is 9.90 Å². The second-order valence-corrected chi connectivity index (χ2v) is 4.65. The predicted molar refractivity (Wildman–Crippen MR) is 70.1 cm³/mol. The number of amides is 1. The molecule has 1 aromatic rings. The van der Waals surface area contributed by atoms with Crippen LogP contribution in [0, 0.1) is 5.41 Å². The minimum atomic E-state index is -0.298. The van der Waals surface area contributed by atoms with Crippen molar-refractivity contribution in [1.29, 1.82) is 0 Å². The molecule has 1 rings (SSSR count). The number of anilines is 1. The van der Waals surface area contributed by atoms with Crippen LogP contribution in [-0.2, 0) is 7.05 Å². The van der Waals surface area contributed by atoms with Gasteiger partial charge in [-0.3, -0.25) is 9.48 Å². The molecule has 0 fully saturated rings. The lowest BCUT2D eigenvalue weighted by Crippen LogP contribution is -2.39. The van der Waals surface area contributed by atoms with Crippen LogP contribution in [0.1, 0.15) is 37.2 Å². The molecule has 0 atom stereocenters. The lowest BCUT2D eigenvalue weighted by atomic mass is 9.83. The van der Waals surface area contributed by atoms with Gasteiger partial charge in [-0.2, -0.15) is 5.10 Å². The van der Waals surface area contributed by atoms with Crippen LogP contribution in [0.15, 0.2) is 6.20 Å². The zero-order chi connectivity index (χ0) is 13.8. The molecule has 1 aromatic heterocycles. The van der Waals surface area contributed by atoms with Crippen molar-refractivity contribution in [2.45, 2.75) is 26.7 Å². The Hall–Kier alpha value is -1.56. The third-order valence-corrected chi connectivity index (χ3v) is 3.53. The molecule has 0 aliphatic heterocycles. The molecule has 0 bridgehead atoms. The Bertz CT molecular complexity index is 402. The van der Waals surface area contributed by atoms with Gasteiger partial charge in [-0.25, -0.2) is 0 Å². The van der Waals surface area contributed by atoms with Gasteiger partial charge in [0.25, 0.3) is 5.91 Å². The second-order valence-electron chi connectivity index (χ2n) is 4.65. The van der Waals surface area contributed by atoms with E-state index in [1.807, 2.05) is 13.8 Å². The van der Waals surface area contributed by atoms with Crippen molar-refractivity contribution in [1.82, 2.24) is 15.1 Å². The first-order chi connectivity index (χ1) is 8.48. The topological polar surface area (TPSA) is 93.2 Å². The quantitative estimate of drug-likeness (QED) is 0.690. The molecule has 0 saturated heterocycles. The maximum Gasteiger partial charge on any atom is 0.273 e. The number of carbonyl (C=O) groups excluding carboxylic acids is 1. The SMILES string of the molecule is CCC(CC)(CO)CNC(=O)c1nn(C)cc1N. The minimum absolute atomic E-state index is 0.0536. The number of nitrogen functional groups attached to an aromatic ring is 1. The summed E-state index contributed by atoms with van der Waals surface area (Å²) in [5, 5.41) is 16.2. The summed E-state index contributed by atoms with van der Waals surface area (Å²) in [7, 11) is 1.71. The van der Waals surface area contributed by atoms with Crippen LogP contribution in [-0.4, -0.2) is 33.9 Å². The predicted octanol–water partition coefficient (Wildman–Crippen LogP) is 0.531. The molecule has 0 saturated carbocycles. The van der Waals surface area contributed by atoms with E-state index in [2.05, 4.69) is 10.4 Å². The van der Waals surface area contributed by atoms with E-state index in [1.165, 1.54) is 4.68 Å². The van der Waals surface area contributed by atoms with Crippen molar-refractivity contribution in [2.24, 2.45) is 12.5 Å². The zero-order valence-electron chi connectivity index (χ0n) is 11.2. The summed E-state index contributed by atoms with van der Waals surface area (Å²) in [6.45, 7) is 4.48. The van der Waals surface area contributed by atoms with Gasteiger partial charge in [-0.15, -0.1) is 0 Å². The molecule has 0 unspecified atom stereocenters. The fourth-order valence-corrected chi connectivity index (χ4v) is 1.81. The molecule has 0 spiro atoms. The third-order valence-electron chi connectivity index (χ3n) is 3.53. The third kappa shape index (κ3) is 3.01. The number of nitrogens with two attached hydrogens (primary N) is 1. The van der Waals surface area contributed by atoms with E-state index in [-0.39, 0.29) is 23.6 Å². The first-order valence-corrected chi connectivity index (χ1v) is 6.16. The van der Waals surface area contributed by atoms with Crippen LogP contribution in [0.4, 0.5) is 5.69 Å².